The molecular weight excluding hydrogens is 290 g/mol. The average Bonchev–Trinajstić information content (AvgIpc) is 3.15. The van der Waals surface area contributed by atoms with Crippen LogP contribution in [0.15, 0.2) is 16.0 Å². The first-order valence-electron chi connectivity index (χ1n) is 6.89. The number of carbonyl (C=O) groups is 1. The average molecular weight is 307 g/mol. The number of hydrogen-bond acceptors (Lipinski definition) is 6. The zero-order chi connectivity index (χ0) is 14.8. The van der Waals surface area contributed by atoms with Gasteiger partial charge in [0, 0.05) is 30.5 Å². The molecule has 0 bridgehead atoms. The number of ether oxygens (including phenoxy) is 1. The van der Waals surface area contributed by atoms with E-state index >= 15 is 0 Å². The van der Waals surface area contributed by atoms with Crippen molar-refractivity contribution in [1.82, 2.24) is 15.0 Å². The molecule has 112 valence electrons. The smallest absolute Gasteiger partial charge is 0.264 e. The number of carbonyl (C=O) groups excluding carboxylic acids is 1. The van der Waals surface area contributed by atoms with E-state index < -0.39 is 0 Å². The van der Waals surface area contributed by atoms with Crippen LogP contribution in [0.1, 0.15) is 40.1 Å². The van der Waals surface area contributed by atoms with Crippen molar-refractivity contribution >= 4 is 17.2 Å². The molecule has 0 aromatic carbocycles. The lowest BCUT2D eigenvalue weighted by Gasteiger charge is -2.30. The lowest BCUT2D eigenvalue weighted by Crippen LogP contribution is -2.37. The molecule has 3 heterocycles. The normalized spacial score (nSPS) is 16.2. The first-order chi connectivity index (χ1) is 10.2. The highest BCUT2D eigenvalue weighted by atomic mass is 32.1. The Morgan fingerprint density at radius 1 is 1.48 bits per heavy atom. The van der Waals surface area contributed by atoms with Crippen molar-refractivity contribution in [3.63, 3.8) is 0 Å². The molecule has 1 fully saturated rings. The largest absolute Gasteiger partial charge is 0.496 e. The van der Waals surface area contributed by atoms with Crippen molar-refractivity contribution in [2.45, 2.75) is 25.7 Å². The van der Waals surface area contributed by atoms with Crippen LogP contribution in [-0.4, -0.2) is 41.1 Å². The standard InChI is InChI=1S/C14H17N3O3S/c1-9-15-13(20-16-9)10-3-5-17(6-4-10)14(18)12-7-11(19-2)8-21-12/h7-8,10H,3-6H2,1-2H3. The number of thiophene rings is 1. The van der Waals surface area contributed by atoms with Gasteiger partial charge in [-0.15, -0.1) is 11.3 Å². The number of nitrogens with zero attached hydrogens (tertiary/aromatic N) is 3. The second kappa shape index (κ2) is 5.85. The number of aryl methyl sites for hydroxylation is 1. The van der Waals surface area contributed by atoms with Crippen molar-refractivity contribution in [3.8, 4) is 5.75 Å². The van der Waals surface area contributed by atoms with Crippen LogP contribution in [-0.2, 0) is 0 Å². The van der Waals surface area contributed by atoms with Crippen molar-refractivity contribution in [2.75, 3.05) is 20.2 Å². The van der Waals surface area contributed by atoms with Gasteiger partial charge in [0.1, 0.15) is 5.75 Å². The van der Waals surface area contributed by atoms with E-state index in [1.54, 1.807) is 13.2 Å². The second-order valence-corrected chi connectivity index (χ2v) is 6.01. The van der Waals surface area contributed by atoms with Crippen LogP contribution < -0.4 is 4.74 Å². The minimum Gasteiger partial charge on any atom is -0.496 e. The van der Waals surface area contributed by atoms with Crippen LogP contribution in [0, 0.1) is 6.92 Å². The van der Waals surface area contributed by atoms with Gasteiger partial charge in [0.25, 0.3) is 5.91 Å². The summed E-state index contributed by atoms with van der Waals surface area (Å²) >= 11 is 1.42. The number of aromatic nitrogens is 2. The summed E-state index contributed by atoms with van der Waals surface area (Å²) in [6, 6.07) is 1.79. The molecule has 7 heteroatoms. The van der Waals surface area contributed by atoms with Crippen molar-refractivity contribution < 1.29 is 14.1 Å². The number of amides is 1. The van der Waals surface area contributed by atoms with E-state index in [0.717, 1.165) is 23.5 Å². The number of methoxy groups -OCH3 is 1. The van der Waals surface area contributed by atoms with Crippen LogP contribution in [0.3, 0.4) is 0 Å². The predicted octanol–water partition coefficient (Wildman–Crippen LogP) is 2.47. The van der Waals surface area contributed by atoms with E-state index in [2.05, 4.69) is 10.1 Å². The summed E-state index contributed by atoms with van der Waals surface area (Å²) in [5, 5.41) is 5.68. The maximum atomic E-state index is 12.4. The molecule has 1 aliphatic heterocycles. The monoisotopic (exact) mass is 307 g/mol. The van der Waals surface area contributed by atoms with Gasteiger partial charge in [-0.2, -0.15) is 4.98 Å². The molecule has 2 aromatic heterocycles. The van der Waals surface area contributed by atoms with E-state index in [4.69, 9.17) is 9.26 Å². The van der Waals surface area contributed by atoms with Gasteiger partial charge in [-0.1, -0.05) is 5.16 Å². The molecule has 0 saturated carbocycles. The zero-order valence-corrected chi connectivity index (χ0v) is 12.9. The molecule has 21 heavy (non-hydrogen) atoms. The van der Waals surface area contributed by atoms with Gasteiger partial charge in [-0.05, 0) is 19.8 Å². The fraction of sp³-hybridized carbons (Fsp3) is 0.500. The fourth-order valence-corrected chi connectivity index (χ4v) is 3.32. The molecule has 1 amide bonds. The summed E-state index contributed by atoms with van der Waals surface area (Å²) in [6.07, 6.45) is 1.71. The molecule has 0 aliphatic carbocycles. The Kier molecular flexibility index (Phi) is 3.92. The van der Waals surface area contributed by atoms with E-state index in [9.17, 15) is 4.79 Å². The molecule has 0 unspecified atom stereocenters. The highest BCUT2D eigenvalue weighted by Gasteiger charge is 2.28. The molecule has 1 saturated heterocycles. The highest BCUT2D eigenvalue weighted by molar-refractivity contribution is 7.12. The van der Waals surface area contributed by atoms with E-state index in [0.29, 0.717) is 24.8 Å². The molecule has 2 aromatic rings. The Balaban J connectivity index is 1.61. The Bertz CT molecular complexity index is 629. The van der Waals surface area contributed by atoms with Gasteiger partial charge in [0.05, 0.1) is 12.0 Å². The quantitative estimate of drug-likeness (QED) is 0.871. The SMILES string of the molecule is COc1csc(C(=O)N2CCC(c3nc(C)no3)CC2)c1. The van der Waals surface area contributed by atoms with Crippen molar-refractivity contribution in [3.05, 3.63) is 28.0 Å². The topological polar surface area (TPSA) is 68.5 Å². The highest BCUT2D eigenvalue weighted by Crippen LogP contribution is 2.29. The Morgan fingerprint density at radius 3 is 2.81 bits per heavy atom. The number of rotatable bonds is 3. The molecular formula is C14H17N3O3S. The Morgan fingerprint density at radius 2 is 2.24 bits per heavy atom. The summed E-state index contributed by atoms with van der Waals surface area (Å²) in [5.41, 5.74) is 0. The molecule has 3 rings (SSSR count). The van der Waals surface area contributed by atoms with Gasteiger partial charge < -0.3 is 14.2 Å². The Hall–Kier alpha value is -1.89. The zero-order valence-electron chi connectivity index (χ0n) is 12.0. The van der Waals surface area contributed by atoms with Gasteiger partial charge in [-0.3, -0.25) is 4.79 Å². The molecule has 1 aliphatic rings. The summed E-state index contributed by atoms with van der Waals surface area (Å²) in [6.45, 7) is 3.24. The summed E-state index contributed by atoms with van der Waals surface area (Å²) in [7, 11) is 1.61. The number of piperidine rings is 1. The van der Waals surface area contributed by atoms with Crippen LogP contribution in [0.4, 0.5) is 0 Å². The summed E-state index contributed by atoms with van der Waals surface area (Å²) in [4.78, 5) is 19.3. The van der Waals surface area contributed by atoms with Gasteiger partial charge >= 0.3 is 0 Å². The third-order valence-electron chi connectivity index (χ3n) is 3.70. The van der Waals surface area contributed by atoms with E-state index in [1.165, 1.54) is 11.3 Å². The van der Waals surface area contributed by atoms with Crippen LogP contribution in [0.25, 0.3) is 0 Å². The summed E-state index contributed by atoms with van der Waals surface area (Å²) in [5.74, 6) is 2.42. The predicted molar refractivity (Wildman–Crippen MR) is 77.8 cm³/mol. The van der Waals surface area contributed by atoms with E-state index in [-0.39, 0.29) is 11.8 Å². The van der Waals surface area contributed by atoms with E-state index in [1.807, 2.05) is 17.2 Å². The van der Waals surface area contributed by atoms with Crippen LogP contribution in [0.2, 0.25) is 0 Å². The third kappa shape index (κ3) is 2.92. The summed E-state index contributed by atoms with van der Waals surface area (Å²) < 4.78 is 10.3. The minimum atomic E-state index is 0.0726. The molecule has 0 spiro atoms. The number of likely N-dealkylation sites (tertiary alicyclic amines) is 1. The van der Waals surface area contributed by atoms with Crippen molar-refractivity contribution in [2.24, 2.45) is 0 Å². The molecule has 6 nitrogen and oxygen atoms in total. The maximum Gasteiger partial charge on any atom is 0.264 e. The lowest BCUT2D eigenvalue weighted by molar-refractivity contribution is 0.0709. The minimum absolute atomic E-state index is 0.0726. The van der Waals surface area contributed by atoms with Crippen molar-refractivity contribution in [1.29, 1.82) is 0 Å². The fourth-order valence-electron chi connectivity index (χ4n) is 2.50. The second-order valence-electron chi connectivity index (χ2n) is 5.10. The molecule has 0 radical (unpaired) electrons. The number of hydrogen-bond donors (Lipinski definition) is 0. The lowest BCUT2D eigenvalue weighted by atomic mass is 9.96. The van der Waals surface area contributed by atoms with Gasteiger partial charge in [0.2, 0.25) is 5.89 Å². The maximum absolute atomic E-state index is 12.4. The molecule has 0 N–H and O–H groups in total. The molecule has 0 atom stereocenters. The van der Waals surface area contributed by atoms with Gasteiger partial charge in [0.15, 0.2) is 5.82 Å². The third-order valence-corrected chi connectivity index (χ3v) is 4.59. The Labute approximate surface area is 126 Å². The van der Waals surface area contributed by atoms with Gasteiger partial charge in [-0.25, -0.2) is 0 Å². The van der Waals surface area contributed by atoms with Crippen LogP contribution in [0.5, 0.6) is 5.75 Å². The van der Waals surface area contributed by atoms with Crippen LogP contribution >= 0.6 is 11.3 Å². The first kappa shape index (κ1) is 14.1. The first-order valence-corrected chi connectivity index (χ1v) is 7.77.